The van der Waals surface area contributed by atoms with Crippen LogP contribution in [-0.2, 0) is 28.3 Å². The van der Waals surface area contributed by atoms with Gasteiger partial charge in [0.05, 0.1) is 17.5 Å². The van der Waals surface area contributed by atoms with Crippen LogP contribution in [-0.4, -0.2) is 23.2 Å². The summed E-state index contributed by atoms with van der Waals surface area (Å²) in [7, 11) is 0. The molecule has 0 aliphatic carbocycles. The van der Waals surface area contributed by atoms with Crippen molar-refractivity contribution in [2.45, 2.75) is 56.5 Å². The van der Waals surface area contributed by atoms with Crippen LogP contribution in [0.15, 0.2) is 41.3 Å². The number of carbonyl (C=O) groups is 1. The number of halogens is 1. The molecule has 1 atom stereocenters. The van der Waals surface area contributed by atoms with Gasteiger partial charge in [-0.2, -0.15) is 0 Å². The molecule has 0 amide bonds. The molecule has 3 rings (SSSR count). The Bertz CT molecular complexity index is 879. The molecular weight excluding hydrogens is 406 g/mol. The normalized spacial score (nSPS) is 16.5. The summed E-state index contributed by atoms with van der Waals surface area (Å²) in [6.45, 7) is 6.26. The summed E-state index contributed by atoms with van der Waals surface area (Å²) in [5.41, 5.74) is 3.72. The minimum Gasteiger partial charge on any atom is -0.460 e. The number of benzene rings is 2. The first-order valence-corrected chi connectivity index (χ1v) is 11.2. The number of hydrogen-bond donors (Lipinski definition) is 2. The average Bonchev–Trinajstić information content (AvgIpc) is 2.89. The lowest BCUT2D eigenvalue weighted by molar-refractivity contribution is -0.159. The van der Waals surface area contributed by atoms with E-state index < -0.39 is 5.60 Å². The number of anilines is 1. The molecule has 1 heterocycles. The van der Waals surface area contributed by atoms with E-state index in [1.165, 1.54) is 0 Å². The molecule has 0 saturated heterocycles. The zero-order valence-electron chi connectivity index (χ0n) is 17.1. The molecule has 4 nitrogen and oxygen atoms in total. The number of aliphatic hydroxyl groups is 1. The summed E-state index contributed by atoms with van der Waals surface area (Å²) >= 11 is 8.22. The summed E-state index contributed by atoms with van der Waals surface area (Å²) in [5.74, 6) is 0.380. The van der Waals surface area contributed by atoms with Crippen LogP contribution >= 0.6 is 23.4 Å². The van der Waals surface area contributed by atoms with E-state index in [0.717, 1.165) is 45.9 Å². The van der Waals surface area contributed by atoms with Crippen molar-refractivity contribution in [1.29, 1.82) is 0 Å². The Kier molecular flexibility index (Phi) is 7.14. The Labute approximate surface area is 182 Å². The minimum absolute atomic E-state index is 0.0243. The van der Waals surface area contributed by atoms with E-state index in [4.69, 9.17) is 16.3 Å². The molecule has 1 aliphatic rings. The number of hydrogen-bond acceptors (Lipinski definition) is 5. The van der Waals surface area contributed by atoms with Gasteiger partial charge in [-0.15, -0.1) is 11.8 Å². The Balaban J connectivity index is 1.77. The Morgan fingerprint density at radius 1 is 1.24 bits per heavy atom. The van der Waals surface area contributed by atoms with Crippen LogP contribution < -0.4 is 5.32 Å². The second kappa shape index (κ2) is 9.41. The third-order valence-electron chi connectivity index (χ3n) is 4.90. The Morgan fingerprint density at radius 3 is 2.66 bits per heavy atom. The lowest BCUT2D eigenvalue weighted by atomic mass is 10.0. The van der Waals surface area contributed by atoms with E-state index in [0.29, 0.717) is 11.6 Å². The van der Waals surface area contributed by atoms with E-state index in [2.05, 4.69) is 5.32 Å². The van der Waals surface area contributed by atoms with Crippen molar-refractivity contribution in [3.8, 4) is 0 Å². The van der Waals surface area contributed by atoms with Gasteiger partial charge >= 0.3 is 5.97 Å². The van der Waals surface area contributed by atoms with Gasteiger partial charge in [-0.25, -0.2) is 0 Å². The first kappa shape index (κ1) is 22.0. The maximum Gasteiger partial charge on any atom is 0.311 e. The third kappa shape index (κ3) is 5.68. The number of fused-ring (bicyclic) bond motifs is 1. The van der Waals surface area contributed by atoms with Gasteiger partial charge in [0.2, 0.25) is 0 Å². The fourth-order valence-electron chi connectivity index (χ4n) is 3.41. The summed E-state index contributed by atoms with van der Waals surface area (Å²) in [4.78, 5) is 13.6. The predicted octanol–water partition coefficient (Wildman–Crippen LogP) is 5.44. The molecule has 2 aromatic rings. The van der Waals surface area contributed by atoms with Crippen molar-refractivity contribution in [2.75, 3.05) is 11.9 Å². The van der Waals surface area contributed by atoms with Gasteiger partial charge in [0.15, 0.2) is 0 Å². The van der Waals surface area contributed by atoms with Crippen LogP contribution in [0.2, 0.25) is 5.02 Å². The molecule has 1 unspecified atom stereocenters. The van der Waals surface area contributed by atoms with Gasteiger partial charge in [-0.05, 0) is 62.4 Å². The molecule has 0 radical (unpaired) electrons. The molecule has 1 aliphatic heterocycles. The highest BCUT2D eigenvalue weighted by atomic mass is 35.5. The lowest BCUT2D eigenvalue weighted by Crippen LogP contribution is -2.31. The fourth-order valence-corrected chi connectivity index (χ4v) is 4.93. The highest BCUT2D eigenvalue weighted by molar-refractivity contribution is 7.98. The molecule has 0 aromatic heterocycles. The third-order valence-corrected chi connectivity index (χ3v) is 6.53. The van der Waals surface area contributed by atoms with Crippen molar-refractivity contribution >= 4 is 35.0 Å². The van der Waals surface area contributed by atoms with E-state index >= 15 is 0 Å². The van der Waals surface area contributed by atoms with E-state index in [1.807, 2.05) is 57.2 Å². The summed E-state index contributed by atoms with van der Waals surface area (Å²) < 4.78 is 5.58. The van der Waals surface area contributed by atoms with Crippen LogP contribution in [0.25, 0.3) is 0 Å². The molecule has 2 N–H and O–H groups in total. The number of thioether (sulfide) groups is 1. The Morgan fingerprint density at radius 2 is 1.97 bits per heavy atom. The number of ether oxygens (including phenoxy) is 1. The quantitative estimate of drug-likeness (QED) is 0.485. The molecule has 6 heteroatoms. The minimum atomic E-state index is -0.485. The van der Waals surface area contributed by atoms with Crippen LogP contribution in [0.5, 0.6) is 0 Å². The summed E-state index contributed by atoms with van der Waals surface area (Å²) in [6, 6.07) is 11.8. The number of carbonyl (C=O) groups excluding carboxylic acids is 1. The molecule has 0 fully saturated rings. The maximum absolute atomic E-state index is 12.5. The van der Waals surface area contributed by atoms with Crippen molar-refractivity contribution < 1.29 is 14.6 Å². The lowest BCUT2D eigenvalue weighted by Gasteiger charge is -2.23. The van der Waals surface area contributed by atoms with Gasteiger partial charge in [0, 0.05) is 22.9 Å². The second-order valence-electron chi connectivity index (χ2n) is 8.27. The summed E-state index contributed by atoms with van der Waals surface area (Å²) in [5, 5.41) is 13.7. The molecule has 0 bridgehead atoms. The van der Waals surface area contributed by atoms with Crippen LogP contribution in [0.1, 0.15) is 43.9 Å². The van der Waals surface area contributed by atoms with Crippen molar-refractivity contribution in [1.82, 2.24) is 0 Å². The smallest absolute Gasteiger partial charge is 0.311 e. The van der Waals surface area contributed by atoms with Gasteiger partial charge in [-0.1, -0.05) is 35.9 Å². The van der Waals surface area contributed by atoms with Crippen molar-refractivity contribution in [2.24, 2.45) is 5.92 Å². The van der Waals surface area contributed by atoms with E-state index in [9.17, 15) is 9.90 Å². The molecule has 29 heavy (non-hydrogen) atoms. The fraction of sp³-hybridized carbons (Fsp3) is 0.435. The van der Waals surface area contributed by atoms with Crippen molar-refractivity contribution in [3.05, 3.63) is 58.1 Å². The molecule has 156 valence electrons. The standard InChI is InChI=1S/C23H28ClNO3S/c1-23(2,3)28-22(27)15-8-9-18-20(25-12-15)11-10-19(24)21(18)29-14-17-7-5-4-6-16(17)13-26/h4-7,10-11,15,25-26H,8-9,12-14H2,1-3H3. The maximum atomic E-state index is 12.5. The molecular formula is C23H28ClNO3S. The number of nitrogens with one attached hydrogen (secondary N) is 1. The van der Waals surface area contributed by atoms with Gasteiger partial charge in [0.1, 0.15) is 5.60 Å². The first-order chi connectivity index (χ1) is 13.8. The molecule has 0 saturated carbocycles. The predicted molar refractivity (Wildman–Crippen MR) is 120 cm³/mol. The van der Waals surface area contributed by atoms with Gasteiger partial charge < -0.3 is 15.2 Å². The van der Waals surface area contributed by atoms with Gasteiger partial charge in [-0.3, -0.25) is 4.79 Å². The SMILES string of the molecule is CC(C)(C)OC(=O)C1CCc2c(ccc(Cl)c2SCc2ccccc2CO)NC1. The highest BCUT2D eigenvalue weighted by Gasteiger charge is 2.28. The van der Waals surface area contributed by atoms with Crippen LogP contribution in [0.4, 0.5) is 5.69 Å². The molecule has 2 aromatic carbocycles. The first-order valence-electron chi connectivity index (χ1n) is 9.87. The Hall–Kier alpha value is -1.69. The summed E-state index contributed by atoms with van der Waals surface area (Å²) in [6.07, 6.45) is 1.48. The number of esters is 1. The highest BCUT2D eigenvalue weighted by Crippen LogP contribution is 2.39. The second-order valence-corrected chi connectivity index (χ2v) is 9.66. The van der Waals surface area contributed by atoms with E-state index in [-0.39, 0.29) is 18.5 Å². The van der Waals surface area contributed by atoms with Crippen LogP contribution in [0, 0.1) is 5.92 Å². The topological polar surface area (TPSA) is 58.6 Å². The zero-order chi connectivity index (χ0) is 21.0. The van der Waals surface area contributed by atoms with Crippen molar-refractivity contribution in [3.63, 3.8) is 0 Å². The average molecular weight is 434 g/mol. The molecule has 0 spiro atoms. The zero-order valence-corrected chi connectivity index (χ0v) is 18.7. The largest absolute Gasteiger partial charge is 0.460 e. The van der Waals surface area contributed by atoms with Gasteiger partial charge in [0.25, 0.3) is 0 Å². The van der Waals surface area contributed by atoms with Crippen LogP contribution in [0.3, 0.4) is 0 Å². The number of aliphatic hydroxyl groups excluding tert-OH is 1. The van der Waals surface area contributed by atoms with E-state index in [1.54, 1.807) is 11.8 Å². The monoisotopic (exact) mass is 433 g/mol. The number of rotatable bonds is 5.